The molecule has 3 aromatic rings. The maximum absolute atomic E-state index is 14.1. The number of aliphatic imine (C=N–C) groups is 1. The average molecular weight is 583 g/mol. The van der Waals surface area contributed by atoms with Crippen molar-refractivity contribution >= 4 is 23.8 Å². The minimum Gasteiger partial charge on any atom is -0.497 e. The zero-order valence-electron chi connectivity index (χ0n) is 24.9. The number of methoxy groups -OCH3 is 1. The first-order valence-corrected chi connectivity index (χ1v) is 14.7. The molecule has 1 fully saturated rings. The Labute approximate surface area is 254 Å². The summed E-state index contributed by atoms with van der Waals surface area (Å²) in [5.74, 6) is 0.376. The number of guanidine groups is 1. The molecule has 0 radical (unpaired) electrons. The number of hydrogen-bond acceptors (Lipinski definition) is 5. The van der Waals surface area contributed by atoms with Crippen molar-refractivity contribution in [2.75, 3.05) is 26.7 Å². The second kappa shape index (κ2) is 15.6. The Morgan fingerprint density at radius 3 is 2.35 bits per heavy atom. The van der Waals surface area contributed by atoms with Gasteiger partial charge in [-0.05, 0) is 47.7 Å². The van der Waals surface area contributed by atoms with Crippen LogP contribution in [0.25, 0.3) is 6.08 Å². The van der Waals surface area contributed by atoms with Crippen LogP contribution >= 0.6 is 0 Å². The lowest BCUT2D eigenvalue weighted by atomic mass is 9.90. The maximum atomic E-state index is 14.1. The Hall–Kier alpha value is -4.63. The molecule has 0 spiro atoms. The molecule has 2 amide bonds. The van der Waals surface area contributed by atoms with Crippen molar-refractivity contribution in [3.63, 3.8) is 0 Å². The molecule has 4 rings (SSSR count). The summed E-state index contributed by atoms with van der Waals surface area (Å²) in [6, 6.07) is 26.7. The van der Waals surface area contributed by atoms with Crippen molar-refractivity contribution in [1.82, 2.24) is 15.5 Å². The van der Waals surface area contributed by atoms with Crippen molar-refractivity contribution in [2.24, 2.45) is 16.5 Å². The van der Waals surface area contributed by atoms with E-state index in [0.29, 0.717) is 32.5 Å². The highest BCUT2D eigenvalue weighted by atomic mass is 16.5. The molecular formula is C34H42N6O3. The van der Waals surface area contributed by atoms with E-state index >= 15 is 0 Å². The van der Waals surface area contributed by atoms with Crippen LogP contribution in [0.1, 0.15) is 42.4 Å². The third kappa shape index (κ3) is 8.93. The molecule has 3 aromatic carbocycles. The first-order chi connectivity index (χ1) is 20.9. The summed E-state index contributed by atoms with van der Waals surface area (Å²) in [6.45, 7) is 3.33. The number of rotatable bonds is 12. The Balaban J connectivity index is 1.52. The predicted octanol–water partition coefficient (Wildman–Crippen LogP) is 3.27. The van der Waals surface area contributed by atoms with E-state index in [9.17, 15) is 9.59 Å². The molecule has 1 aliphatic heterocycles. The minimum atomic E-state index is -0.643. The lowest BCUT2D eigenvalue weighted by Gasteiger charge is -2.31. The second-order valence-electron chi connectivity index (χ2n) is 10.7. The molecule has 9 nitrogen and oxygen atoms in total. The van der Waals surface area contributed by atoms with Crippen LogP contribution in [0.5, 0.6) is 5.75 Å². The quantitative estimate of drug-likeness (QED) is 0.147. The van der Waals surface area contributed by atoms with Crippen LogP contribution in [-0.2, 0) is 9.59 Å². The van der Waals surface area contributed by atoms with Gasteiger partial charge in [0.25, 0.3) is 0 Å². The van der Waals surface area contributed by atoms with Crippen molar-refractivity contribution in [3.8, 4) is 5.75 Å². The Kier molecular flexibility index (Phi) is 11.3. The van der Waals surface area contributed by atoms with E-state index in [4.69, 9.17) is 16.2 Å². The van der Waals surface area contributed by atoms with Crippen LogP contribution in [-0.4, -0.2) is 67.5 Å². The molecule has 0 bridgehead atoms. The number of carbonyl (C=O) groups is 2. The number of ether oxygens (including phenoxy) is 1. The smallest absolute Gasteiger partial charge is 0.244 e. The fraction of sp³-hybridized carbons (Fsp3) is 0.324. The average Bonchev–Trinajstić information content (AvgIpc) is 3.19. The zero-order chi connectivity index (χ0) is 30.6. The van der Waals surface area contributed by atoms with Gasteiger partial charge in [0.05, 0.1) is 13.2 Å². The molecule has 43 heavy (non-hydrogen) atoms. The molecule has 6 N–H and O–H groups in total. The van der Waals surface area contributed by atoms with Gasteiger partial charge in [-0.15, -0.1) is 0 Å². The topological polar surface area (TPSA) is 135 Å². The van der Waals surface area contributed by atoms with Crippen LogP contribution in [0, 0.1) is 0 Å². The highest BCUT2D eigenvalue weighted by molar-refractivity contribution is 5.91. The van der Waals surface area contributed by atoms with Crippen molar-refractivity contribution in [2.45, 2.75) is 43.8 Å². The third-order valence-electron chi connectivity index (χ3n) is 7.71. The summed E-state index contributed by atoms with van der Waals surface area (Å²) >= 11 is 0. The molecule has 226 valence electrons. The molecule has 9 heteroatoms. The number of nitrogens with two attached hydrogens (primary N) is 2. The van der Waals surface area contributed by atoms with E-state index in [-0.39, 0.29) is 29.7 Å². The van der Waals surface area contributed by atoms with Crippen LogP contribution in [0.15, 0.2) is 96.0 Å². The van der Waals surface area contributed by atoms with E-state index in [1.807, 2.05) is 72.5 Å². The van der Waals surface area contributed by atoms with Gasteiger partial charge in [-0.1, -0.05) is 79.7 Å². The van der Waals surface area contributed by atoms with E-state index in [1.54, 1.807) is 13.2 Å². The number of nitrogens with one attached hydrogen (secondary N) is 2. The van der Waals surface area contributed by atoms with Gasteiger partial charge in [0.15, 0.2) is 5.96 Å². The molecule has 3 atom stereocenters. The van der Waals surface area contributed by atoms with Gasteiger partial charge in [-0.3, -0.25) is 14.9 Å². The number of nitrogens with zero attached hydrogens (tertiary/aromatic N) is 2. The standard InChI is InChI=1S/C34H42N6O3/c1-3-30(39-34(35)36)32-33(42)40(23-29(25-12-6-4-7-13-25)26-14-8-5-9-15-26)20-19-27(38-32)22-37-31(41)18-17-24-11-10-16-28(21-24)43-2/h4-18,21,27,29-30,32,38H,3,19-20,22-23H2,1-2H3,(H,37,41)(H4,35,36,39)/b18-17+/t27-,30?,32-/m0/s1. The normalized spacial score (nSPS) is 17.8. The van der Waals surface area contributed by atoms with Crippen LogP contribution in [0.3, 0.4) is 0 Å². The van der Waals surface area contributed by atoms with Gasteiger partial charge < -0.3 is 26.4 Å². The fourth-order valence-corrected chi connectivity index (χ4v) is 5.43. The summed E-state index contributed by atoms with van der Waals surface area (Å²) in [4.78, 5) is 33.2. The van der Waals surface area contributed by atoms with Gasteiger partial charge >= 0.3 is 0 Å². The number of amides is 2. The minimum absolute atomic E-state index is 0.00634. The van der Waals surface area contributed by atoms with E-state index < -0.39 is 12.1 Å². The first kappa shape index (κ1) is 31.3. The molecule has 1 unspecified atom stereocenters. The monoisotopic (exact) mass is 582 g/mol. The molecule has 1 aliphatic rings. The van der Waals surface area contributed by atoms with Crippen molar-refractivity contribution < 1.29 is 14.3 Å². The van der Waals surface area contributed by atoms with Crippen molar-refractivity contribution in [1.29, 1.82) is 0 Å². The first-order valence-electron chi connectivity index (χ1n) is 14.7. The Morgan fingerprint density at radius 1 is 1.07 bits per heavy atom. The summed E-state index contributed by atoms with van der Waals surface area (Å²) in [6.07, 6.45) is 4.46. The number of benzene rings is 3. The molecule has 0 aromatic heterocycles. The lowest BCUT2D eigenvalue weighted by Crippen LogP contribution is -2.54. The highest BCUT2D eigenvalue weighted by Gasteiger charge is 2.37. The van der Waals surface area contributed by atoms with Gasteiger partial charge in [0, 0.05) is 37.7 Å². The molecule has 1 saturated heterocycles. The SMILES string of the molecule is CCC(N=C(N)N)[C@@H]1N[C@H](CNC(=O)/C=C/c2cccc(OC)c2)CCN(CC(c2ccccc2)c2ccccc2)C1=O. The molecule has 0 aliphatic carbocycles. The van der Waals surface area contributed by atoms with E-state index in [0.717, 1.165) is 22.4 Å². The summed E-state index contributed by atoms with van der Waals surface area (Å²) in [5.41, 5.74) is 14.7. The Morgan fingerprint density at radius 2 is 1.74 bits per heavy atom. The molecule has 1 heterocycles. The number of carbonyl (C=O) groups excluding carboxylic acids is 2. The lowest BCUT2D eigenvalue weighted by molar-refractivity contribution is -0.133. The fourth-order valence-electron chi connectivity index (χ4n) is 5.43. The zero-order valence-corrected chi connectivity index (χ0v) is 24.9. The van der Waals surface area contributed by atoms with Crippen LogP contribution in [0.4, 0.5) is 0 Å². The summed E-state index contributed by atoms with van der Waals surface area (Å²) in [5, 5.41) is 6.47. The van der Waals surface area contributed by atoms with Gasteiger partial charge in [0.1, 0.15) is 11.8 Å². The summed E-state index contributed by atoms with van der Waals surface area (Å²) < 4.78 is 5.26. The van der Waals surface area contributed by atoms with Gasteiger partial charge in [0.2, 0.25) is 11.8 Å². The van der Waals surface area contributed by atoms with Crippen LogP contribution < -0.4 is 26.8 Å². The van der Waals surface area contributed by atoms with Gasteiger partial charge in [-0.25, -0.2) is 4.99 Å². The molecular weight excluding hydrogens is 540 g/mol. The van der Waals surface area contributed by atoms with E-state index in [2.05, 4.69) is 39.9 Å². The largest absolute Gasteiger partial charge is 0.497 e. The Bertz CT molecular complexity index is 1350. The maximum Gasteiger partial charge on any atom is 0.244 e. The van der Waals surface area contributed by atoms with Gasteiger partial charge in [-0.2, -0.15) is 0 Å². The van der Waals surface area contributed by atoms with E-state index in [1.165, 1.54) is 6.08 Å². The highest BCUT2D eigenvalue weighted by Crippen LogP contribution is 2.27. The summed E-state index contributed by atoms with van der Waals surface area (Å²) in [7, 11) is 1.61. The van der Waals surface area contributed by atoms with Crippen LogP contribution in [0.2, 0.25) is 0 Å². The third-order valence-corrected chi connectivity index (χ3v) is 7.71. The predicted molar refractivity (Wildman–Crippen MR) is 172 cm³/mol. The number of hydrogen-bond donors (Lipinski definition) is 4. The second-order valence-corrected chi connectivity index (χ2v) is 10.7. The molecule has 0 saturated carbocycles. The van der Waals surface area contributed by atoms with Crippen molar-refractivity contribution in [3.05, 3.63) is 108 Å².